The van der Waals surface area contributed by atoms with Crippen molar-refractivity contribution in [3.05, 3.63) is 59.2 Å². The van der Waals surface area contributed by atoms with Crippen molar-refractivity contribution in [3.8, 4) is 11.1 Å². The molecule has 0 N–H and O–H groups in total. The Kier molecular flexibility index (Phi) is 1.86. The van der Waals surface area contributed by atoms with Crippen molar-refractivity contribution >= 4 is 5.91 Å². The highest BCUT2D eigenvalue weighted by Crippen LogP contribution is 2.55. The van der Waals surface area contributed by atoms with E-state index in [2.05, 4.69) is 49.4 Å². The van der Waals surface area contributed by atoms with Crippen LogP contribution in [0.25, 0.3) is 11.1 Å². The molecule has 19 heavy (non-hydrogen) atoms. The van der Waals surface area contributed by atoms with E-state index >= 15 is 0 Å². The Labute approximate surface area is 112 Å². The number of benzene rings is 2. The van der Waals surface area contributed by atoms with Gasteiger partial charge < -0.3 is 4.90 Å². The zero-order valence-electron chi connectivity index (χ0n) is 11.1. The fraction of sp³-hybridized carbons (Fsp3) is 0.235. The van der Waals surface area contributed by atoms with E-state index in [4.69, 9.17) is 0 Å². The Morgan fingerprint density at radius 1 is 1.11 bits per heavy atom. The summed E-state index contributed by atoms with van der Waals surface area (Å²) in [5.74, 6) is 0.140. The lowest BCUT2D eigenvalue weighted by Crippen LogP contribution is -2.41. The molecule has 4 rings (SSSR count). The lowest BCUT2D eigenvalue weighted by atomic mass is 9.89. The van der Waals surface area contributed by atoms with Crippen molar-refractivity contribution in [2.24, 2.45) is 0 Å². The summed E-state index contributed by atoms with van der Waals surface area (Å²) in [7, 11) is 0. The zero-order valence-corrected chi connectivity index (χ0v) is 11.1. The van der Waals surface area contributed by atoms with Gasteiger partial charge in [-0.05, 0) is 34.7 Å². The molecule has 0 radical (unpaired) electrons. The monoisotopic (exact) mass is 249 g/mol. The first-order valence-electron chi connectivity index (χ1n) is 6.64. The normalized spacial score (nSPS) is 22.3. The second-order valence-electron chi connectivity index (χ2n) is 5.56. The summed E-state index contributed by atoms with van der Waals surface area (Å²) in [6.07, 6.45) is 0. The zero-order chi connectivity index (χ0) is 13.2. The van der Waals surface area contributed by atoms with E-state index in [1.165, 1.54) is 27.8 Å². The molecule has 0 spiro atoms. The molecule has 1 heterocycles. The standard InChI is InChI=1S/C17H15NO/c1-11(19)18-10-12-6-5-8-14-13-7-3-4-9-15(13)17(18,2)16(12)14/h3-9H,10H2,1-2H3/t17-/m0/s1. The maximum Gasteiger partial charge on any atom is 0.220 e. The van der Waals surface area contributed by atoms with Gasteiger partial charge in [-0.2, -0.15) is 0 Å². The molecule has 2 heteroatoms. The summed E-state index contributed by atoms with van der Waals surface area (Å²) in [5.41, 5.74) is 6.14. The average molecular weight is 249 g/mol. The van der Waals surface area contributed by atoms with Gasteiger partial charge in [0.25, 0.3) is 0 Å². The van der Waals surface area contributed by atoms with Crippen molar-refractivity contribution in [3.63, 3.8) is 0 Å². The van der Waals surface area contributed by atoms with Crippen molar-refractivity contribution in [1.82, 2.24) is 4.90 Å². The van der Waals surface area contributed by atoms with Gasteiger partial charge in [0.1, 0.15) is 0 Å². The molecule has 2 aliphatic rings. The van der Waals surface area contributed by atoms with Crippen LogP contribution in [0.2, 0.25) is 0 Å². The van der Waals surface area contributed by atoms with Crippen LogP contribution < -0.4 is 0 Å². The second kappa shape index (κ2) is 3.27. The number of carbonyl (C=O) groups is 1. The highest BCUT2D eigenvalue weighted by molar-refractivity contribution is 5.87. The molecular formula is C17H15NO. The van der Waals surface area contributed by atoms with Gasteiger partial charge in [-0.15, -0.1) is 0 Å². The Morgan fingerprint density at radius 3 is 2.63 bits per heavy atom. The summed E-state index contributed by atoms with van der Waals surface area (Å²) in [4.78, 5) is 14.0. The van der Waals surface area contributed by atoms with E-state index < -0.39 is 0 Å². The number of hydrogen-bond acceptors (Lipinski definition) is 1. The van der Waals surface area contributed by atoms with Gasteiger partial charge >= 0.3 is 0 Å². The summed E-state index contributed by atoms with van der Waals surface area (Å²) in [6, 6.07) is 14.9. The van der Waals surface area contributed by atoms with E-state index in [9.17, 15) is 4.79 Å². The minimum absolute atomic E-state index is 0.140. The topological polar surface area (TPSA) is 20.3 Å². The Hall–Kier alpha value is -2.09. The minimum atomic E-state index is -0.283. The number of hydrogen-bond donors (Lipinski definition) is 0. The molecular weight excluding hydrogens is 234 g/mol. The van der Waals surface area contributed by atoms with Crippen LogP contribution in [0.5, 0.6) is 0 Å². The molecule has 94 valence electrons. The number of rotatable bonds is 0. The third-order valence-electron chi connectivity index (χ3n) is 4.63. The van der Waals surface area contributed by atoms with Gasteiger partial charge in [0.05, 0.1) is 5.54 Å². The molecule has 0 aromatic heterocycles. The van der Waals surface area contributed by atoms with Crippen LogP contribution in [0.15, 0.2) is 42.5 Å². The second-order valence-corrected chi connectivity index (χ2v) is 5.56. The summed E-state index contributed by atoms with van der Waals surface area (Å²) in [5, 5.41) is 0. The lowest BCUT2D eigenvalue weighted by Gasteiger charge is -2.33. The molecule has 1 amide bonds. The first kappa shape index (κ1) is 10.8. The fourth-order valence-corrected chi connectivity index (χ4v) is 3.84. The summed E-state index contributed by atoms with van der Waals surface area (Å²) < 4.78 is 0. The molecule has 1 aliphatic carbocycles. The molecule has 2 aromatic rings. The maximum atomic E-state index is 12.0. The first-order valence-corrected chi connectivity index (χ1v) is 6.64. The van der Waals surface area contributed by atoms with E-state index in [0.717, 1.165) is 6.54 Å². The van der Waals surface area contributed by atoms with Crippen LogP contribution in [0, 0.1) is 0 Å². The van der Waals surface area contributed by atoms with Crippen molar-refractivity contribution in [2.45, 2.75) is 25.9 Å². The summed E-state index contributed by atoms with van der Waals surface area (Å²) in [6.45, 7) is 4.57. The Balaban J connectivity index is 2.13. The van der Waals surface area contributed by atoms with Gasteiger partial charge in [0.2, 0.25) is 5.91 Å². The van der Waals surface area contributed by atoms with Crippen LogP contribution in [0.3, 0.4) is 0 Å². The molecule has 1 atom stereocenters. The highest BCUT2D eigenvalue weighted by atomic mass is 16.2. The van der Waals surface area contributed by atoms with Crippen LogP contribution in [0.4, 0.5) is 0 Å². The molecule has 0 saturated heterocycles. The van der Waals surface area contributed by atoms with Gasteiger partial charge in [-0.25, -0.2) is 0 Å². The van der Waals surface area contributed by atoms with Crippen LogP contribution in [-0.2, 0) is 16.9 Å². The van der Waals surface area contributed by atoms with Crippen LogP contribution in [0.1, 0.15) is 30.5 Å². The largest absolute Gasteiger partial charge is 0.325 e. The fourth-order valence-electron chi connectivity index (χ4n) is 3.84. The van der Waals surface area contributed by atoms with E-state index in [1.807, 2.05) is 4.90 Å². The highest BCUT2D eigenvalue weighted by Gasteiger charge is 2.50. The quantitative estimate of drug-likeness (QED) is 0.701. The van der Waals surface area contributed by atoms with Crippen LogP contribution in [-0.4, -0.2) is 10.8 Å². The third kappa shape index (κ3) is 1.10. The van der Waals surface area contributed by atoms with Crippen molar-refractivity contribution < 1.29 is 4.79 Å². The average Bonchev–Trinajstić information content (AvgIpc) is 2.86. The van der Waals surface area contributed by atoms with E-state index in [1.54, 1.807) is 6.92 Å². The Bertz CT molecular complexity index is 719. The van der Waals surface area contributed by atoms with Gasteiger partial charge in [-0.1, -0.05) is 42.5 Å². The Morgan fingerprint density at radius 2 is 1.84 bits per heavy atom. The molecule has 0 saturated carbocycles. The minimum Gasteiger partial charge on any atom is -0.325 e. The third-order valence-corrected chi connectivity index (χ3v) is 4.63. The van der Waals surface area contributed by atoms with Crippen molar-refractivity contribution in [1.29, 1.82) is 0 Å². The first-order chi connectivity index (χ1) is 9.14. The van der Waals surface area contributed by atoms with Crippen molar-refractivity contribution in [2.75, 3.05) is 0 Å². The van der Waals surface area contributed by atoms with Gasteiger partial charge in [0.15, 0.2) is 0 Å². The van der Waals surface area contributed by atoms with E-state index in [0.29, 0.717) is 0 Å². The molecule has 0 unspecified atom stereocenters. The SMILES string of the molecule is CC(=O)N1Cc2cccc3c2[C@]1(C)c1ccccc1-3. The molecule has 2 aromatic carbocycles. The predicted molar refractivity (Wildman–Crippen MR) is 74.6 cm³/mol. The van der Waals surface area contributed by atoms with E-state index in [-0.39, 0.29) is 11.4 Å². The number of carbonyl (C=O) groups excluding carboxylic acids is 1. The number of nitrogens with zero attached hydrogens (tertiary/aromatic N) is 1. The number of fused-ring (bicyclic) bond motifs is 3. The summed E-state index contributed by atoms with van der Waals surface area (Å²) >= 11 is 0. The molecule has 0 fully saturated rings. The molecule has 1 aliphatic heterocycles. The van der Waals surface area contributed by atoms with Gasteiger partial charge in [-0.3, -0.25) is 4.79 Å². The molecule has 2 nitrogen and oxygen atoms in total. The van der Waals surface area contributed by atoms with Crippen LogP contribution >= 0.6 is 0 Å². The molecule has 0 bridgehead atoms. The lowest BCUT2D eigenvalue weighted by molar-refractivity contribution is -0.133. The smallest absolute Gasteiger partial charge is 0.220 e. The van der Waals surface area contributed by atoms with Gasteiger partial charge in [0, 0.05) is 13.5 Å². The number of amides is 1. The predicted octanol–water partition coefficient (Wildman–Crippen LogP) is 3.29. The maximum absolute atomic E-state index is 12.0.